The van der Waals surface area contributed by atoms with E-state index in [0.29, 0.717) is 6.04 Å². The van der Waals surface area contributed by atoms with Gasteiger partial charge in [-0.1, -0.05) is 44.2 Å². The summed E-state index contributed by atoms with van der Waals surface area (Å²) < 4.78 is 25.1. The number of hydrogen-bond donors (Lipinski definition) is 1. The topological polar surface area (TPSA) is 46.2 Å². The van der Waals surface area contributed by atoms with Crippen molar-refractivity contribution in [1.29, 1.82) is 0 Å². The van der Waals surface area contributed by atoms with E-state index in [0.717, 1.165) is 24.9 Å². The van der Waals surface area contributed by atoms with E-state index in [1.165, 1.54) is 0 Å². The second kappa shape index (κ2) is 6.06. The van der Waals surface area contributed by atoms with Crippen LogP contribution in [-0.2, 0) is 15.6 Å². The van der Waals surface area contributed by atoms with Crippen molar-refractivity contribution in [1.82, 2.24) is 5.32 Å². The van der Waals surface area contributed by atoms with Crippen molar-refractivity contribution in [3.63, 3.8) is 0 Å². The Kier molecular flexibility index (Phi) is 4.63. The lowest BCUT2D eigenvalue weighted by Crippen LogP contribution is -2.36. The molecule has 0 amide bonds. The summed E-state index contributed by atoms with van der Waals surface area (Å²) in [5, 5.41) is 3.20. The van der Waals surface area contributed by atoms with Crippen LogP contribution >= 0.6 is 0 Å². The van der Waals surface area contributed by atoms with Gasteiger partial charge in [0.2, 0.25) is 0 Å². The van der Waals surface area contributed by atoms with Gasteiger partial charge >= 0.3 is 0 Å². The molecule has 3 nitrogen and oxygen atoms in total. The molecule has 0 aliphatic heterocycles. The standard InChI is InChI=1S/C15H23NO2S/c1-3-16-14-9-10-15(12(14)2)19(17,18)11-13-7-5-4-6-8-13/h4-8,12,14-16H,3,9-11H2,1-2H3. The highest BCUT2D eigenvalue weighted by Crippen LogP contribution is 2.32. The second-order valence-electron chi connectivity index (χ2n) is 5.43. The normalized spacial score (nSPS) is 27.6. The summed E-state index contributed by atoms with van der Waals surface area (Å²) in [4.78, 5) is 0. The number of sulfone groups is 1. The van der Waals surface area contributed by atoms with Crippen LogP contribution in [0.1, 0.15) is 32.3 Å². The van der Waals surface area contributed by atoms with Gasteiger partial charge in [0.15, 0.2) is 9.84 Å². The Morgan fingerprint density at radius 3 is 2.53 bits per heavy atom. The largest absolute Gasteiger partial charge is 0.314 e. The van der Waals surface area contributed by atoms with Crippen molar-refractivity contribution in [2.75, 3.05) is 6.54 Å². The van der Waals surface area contributed by atoms with E-state index in [-0.39, 0.29) is 16.9 Å². The molecule has 0 aromatic heterocycles. The van der Waals surface area contributed by atoms with Gasteiger partial charge in [-0.3, -0.25) is 0 Å². The van der Waals surface area contributed by atoms with Crippen LogP contribution in [0.3, 0.4) is 0 Å². The molecule has 1 aromatic carbocycles. The first-order valence-electron chi connectivity index (χ1n) is 7.03. The first-order chi connectivity index (χ1) is 9.04. The van der Waals surface area contributed by atoms with Crippen LogP contribution in [0, 0.1) is 5.92 Å². The van der Waals surface area contributed by atoms with Crippen LogP contribution in [-0.4, -0.2) is 26.3 Å². The first-order valence-corrected chi connectivity index (χ1v) is 8.75. The third kappa shape index (κ3) is 3.37. The summed E-state index contributed by atoms with van der Waals surface area (Å²) in [6, 6.07) is 9.82. The summed E-state index contributed by atoms with van der Waals surface area (Å²) in [6.07, 6.45) is 1.75. The molecule has 0 bridgehead atoms. The molecule has 0 heterocycles. The van der Waals surface area contributed by atoms with Gasteiger partial charge in [-0.15, -0.1) is 0 Å². The van der Waals surface area contributed by atoms with Crippen LogP contribution in [0.5, 0.6) is 0 Å². The van der Waals surface area contributed by atoms with Crippen LogP contribution in [0.15, 0.2) is 30.3 Å². The molecule has 0 saturated heterocycles. The van der Waals surface area contributed by atoms with Crippen LogP contribution in [0.25, 0.3) is 0 Å². The number of nitrogens with one attached hydrogen (secondary N) is 1. The Morgan fingerprint density at radius 2 is 1.89 bits per heavy atom. The fourth-order valence-corrected chi connectivity index (χ4v) is 5.31. The van der Waals surface area contributed by atoms with Gasteiger partial charge in [0.25, 0.3) is 0 Å². The number of rotatable bonds is 5. The molecule has 1 aliphatic rings. The van der Waals surface area contributed by atoms with Crippen LogP contribution in [0.2, 0.25) is 0 Å². The van der Waals surface area contributed by atoms with E-state index >= 15 is 0 Å². The Morgan fingerprint density at radius 1 is 1.21 bits per heavy atom. The van der Waals surface area contributed by atoms with Crippen molar-refractivity contribution >= 4 is 9.84 Å². The SMILES string of the molecule is CCNC1CCC(S(=O)(=O)Cc2ccccc2)C1C. The zero-order chi connectivity index (χ0) is 13.9. The predicted molar refractivity (Wildman–Crippen MR) is 78.7 cm³/mol. The molecule has 106 valence electrons. The third-order valence-electron chi connectivity index (χ3n) is 4.12. The monoisotopic (exact) mass is 281 g/mol. The molecule has 2 rings (SSSR count). The summed E-state index contributed by atoms with van der Waals surface area (Å²) >= 11 is 0. The summed E-state index contributed by atoms with van der Waals surface area (Å²) in [6.45, 7) is 5.03. The third-order valence-corrected chi connectivity index (χ3v) is 6.44. The zero-order valence-corrected chi connectivity index (χ0v) is 12.5. The van der Waals surface area contributed by atoms with E-state index in [4.69, 9.17) is 0 Å². The highest BCUT2D eigenvalue weighted by Gasteiger charge is 2.40. The molecule has 4 heteroatoms. The van der Waals surface area contributed by atoms with E-state index in [1.807, 2.05) is 30.3 Å². The van der Waals surface area contributed by atoms with Gasteiger partial charge in [0.1, 0.15) is 0 Å². The fraction of sp³-hybridized carbons (Fsp3) is 0.600. The molecular formula is C15H23NO2S. The second-order valence-corrected chi connectivity index (χ2v) is 7.65. The minimum absolute atomic E-state index is 0.168. The molecule has 1 fully saturated rings. The summed E-state index contributed by atoms with van der Waals surface area (Å²) in [7, 11) is -3.05. The first kappa shape index (κ1) is 14.5. The molecular weight excluding hydrogens is 258 g/mol. The Hall–Kier alpha value is -0.870. The minimum Gasteiger partial charge on any atom is -0.314 e. The average Bonchev–Trinajstić information content (AvgIpc) is 2.73. The van der Waals surface area contributed by atoms with Gasteiger partial charge in [-0.05, 0) is 30.9 Å². The van der Waals surface area contributed by atoms with Crippen molar-refractivity contribution < 1.29 is 8.42 Å². The van der Waals surface area contributed by atoms with E-state index in [2.05, 4.69) is 19.2 Å². The van der Waals surface area contributed by atoms with Crippen LogP contribution < -0.4 is 5.32 Å². The lowest BCUT2D eigenvalue weighted by Gasteiger charge is -2.21. The minimum atomic E-state index is -3.05. The number of hydrogen-bond acceptors (Lipinski definition) is 3. The Bertz CT molecular complexity index is 498. The predicted octanol–water partition coefficient (Wildman–Crippen LogP) is 2.38. The lowest BCUT2D eigenvalue weighted by atomic mass is 10.1. The molecule has 0 spiro atoms. The zero-order valence-electron chi connectivity index (χ0n) is 11.7. The van der Waals surface area contributed by atoms with Gasteiger partial charge in [0, 0.05) is 6.04 Å². The molecule has 3 unspecified atom stereocenters. The Balaban J connectivity index is 2.09. The molecule has 1 saturated carbocycles. The summed E-state index contributed by atoms with van der Waals surface area (Å²) in [5.74, 6) is 0.371. The highest BCUT2D eigenvalue weighted by atomic mass is 32.2. The molecule has 19 heavy (non-hydrogen) atoms. The maximum atomic E-state index is 12.5. The maximum absolute atomic E-state index is 12.5. The lowest BCUT2D eigenvalue weighted by molar-refractivity contribution is 0.433. The fourth-order valence-electron chi connectivity index (χ4n) is 3.10. The van der Waals surface area contributed by atoms with Gasteiger partial charge in [-0.2, -0.15) is 0 Å². The quantitative estimate of drug-likeness (QED) is 0.901. The van der Waals surface area contributed by atoms with Crippen molar-refractivity contribution in [2.24, 2.45) is 5.92 Å². The number of benzene rings is 1. The summed E-state index contributed by atoms with van der Waals surface area (Å²) in [5.41, 5.74) is 0.890. The molecule has 3 atom stereocenters. The van der Waals surface area contributed by atoms with E-state index in [9.17, 15) is 8.42 Å². The van der Waals surface area contributed by atoms with E-state index in [1.54, 1.807) is 0 Å². The van der Waals surface area contributed by atoms with Crippen molar-refractivity contribution in [2.45, 2.75) is 43.7 Å². The van der Waals surface area contributed by atoms with Gasteiger partial charge in [-0.25, -0.2) is 8.42 Å². The highest BCUT2D eigenvalue weighted by molar-refractivity contribution is 7.91. The van der Waals surface area contributed by atoms with Crippen LogP contribution in [0.4, 0.5) is 0 Å². The van der Waals surface area contributed by atoms with Gasteiger partial charge < -0.3 is 5.32 Å². The molecule has 1 aromatic rings. The van der Waals surface area contributed by atoms with Crippen molar-refractivity contribution in [3.8, 4) is 0 Å². The van der Waals surface area contributed by atoms with E-state index < -0.39 is 9.84 Å². The van der Waals surface area contributed by atoms with Crippen molar-refractivity contribution in [3.05, 3.63) is 35.9 Å². The molecule has 1 aliphatic carbocycles. The molecule has 0 radical (unpaired) electrons. The maximum Gasteiger partial charge on any atom is 0.157 e. The Labute approximate surface area is 116 Å². The van der Waals surface area contributed by atoms with Gasteiger partial charge in [0.05, 0.1) is 11.0 Å². The smallest absolute Gasteiger partial charge is 0.157 e. The average molecular weight is 281 g/mol. The molecule has 1 N–H and O–H groups in total.